The van der Waals surface area contributed by atoms with Gasteiger partial charge in [0, 0.05) is 12.1 Å². The summed E-state index contributed by atoms with van der Waals surface area (Å²) in [6.07, 6.45) is 0. The van der Waals surface area contributed by atoms with Crippen LogP contribution < -0.4 is 10.0 Å². The molecule has 0 saturated carbocycles. The van der Waals surface area contributed by atoms with Crippen LogP contribution in [0.3, 0.4) is 0 Å². The number of primary amides is 1. The van der Waals surface area contributed by atoms with Crippen LogP contribution in [0.15, 0.2) is 47.4 Å². The number of nitrogens with zero attached hydrogens (tertiary/aromatic N) is 1. The second-order valence-electron chi connectivity index (χ2n) is 4.76. The van der Waals surface area contributed by atoms with E-state index in [1.54, 1.807) is 25.1 Å². The molecular formula is C15H15ClN2O3S. The topological polar surface area (TPSA) is 80.5 Å². The molecule has 5 nitrogen and oxygen atoms in total. The number of aryl methyl sites for hydroxylation is 1. The summed E-state index contributed by atoms with van der Waals surface area (Å²) in [5, 5.41) is 0.455. The summed E-state index contributed by atoms with van der Waals surface area (Å²) >= 11 is 5.86. The number of anilines is 1. The molecule has 2 rings (SSSR count). The molecule has 0 atom stereocenters. The van der Waals surface area contributed by atoms with Gasteiger partial charge in [-0.2, -0.15) is 0 Å². The minimum absolute atomic E-state index is 0.124. The van der Waals surface area contributed by atoms with Gasteiger partial charge in [0.15, 0.2) is 0 Å². The van der Waals surface area contributed by atoms with Gasteiger partial charge in [0.25, 0.3) is 15.9 Å². The first kappa shape index (κ1) is 16.3. The minimum atomic E-state index is -3.83. The molecule has 0 aliphatic rings. The summed E-state index contributed by atoms with van der Waals surface area (Å²) in [4.78, 5) is 11.6. The number of para-hydroxylation sites is 1. The van der Waals surface area contributed by atoms with Crippen molar-refractivity contribution in [3.8, 4) is 0 Å². The van der Waals surface area contributed by atoms with Crippen molar-refractivity contribution in [2.75, 3.05) is 11.4 Å². The van der Waals surface area contributed by atoms with E-state index in [1.807, 2.05) is 0 Å². The lowest BCUT2D eigenvalue weighted by molar-refractivity contribution is 0.100. The molecule has 116 valence electrons. The molecule has 0 radical (unpaired) electrons. The SMILES string of the molecule is Cc1cc(Cl)ccc1S(=O)(=O)N(C)c1ccccc1C(N)=O. The van der Waals surface area contributed by atoms with E-state index in [1.165, 1.54) is 31.3 Å². The summed E-state index contributed by atoms with van der Waals surface area (Å²) < 4.78 is 26.6. The highest BCUT2D eigenvalue weighted by atomic mass is 35.5. The molecule has 0 saturated heterocycles. The fourth-order valence-corrected chi connectivity index (χ4v) is 3.78. The summed E-state index contributed by atoms with van der Waals surface area (Å²) in [5.74, 6) is -0.689. The van der Waals surface area contributed by atoms with Crippen molar-refractivity contribution in [2.24, 2.45) is 5.73 Å². The van der Waals surface area contributed by atoms with Crippen LogP contribution in [0.25, 0.3) is 0 Å². The molecular weight excluding hydrogens is 324 g/mol. The number of sulfonamides is 1. The van der Waals surface area contributed by atoms with E-state index in [0.29, 0.717) is 10.6 Å². The predicted molar refractivity (Wildman–Crippen MR) is 86.7 cm³/mol. The van der Waals surface area contributed by atoms with Crippen molar-refractivity contribution < 1.29 is 13.2 Å². The average Bonchev–Trinajstić information content (AvgIpc) is 2.45. The Hall–Kier alpha value is -2.05. The van der Waals surface area contributed by atoms with Crippen LogP contribution in [-0.4, -0.2) is 21.4 Å². The smallest absolute Gasteiger partial charge is 0.264 e. The Morgan fingerprint density at radius 1 is 1.18 bits per heavy atom. The molecule has 2 aromatic rings. The third-order valence-electron chi connectivity index (χ3n) is 3.28. The molecule has 0 aliphatic carbocycles. The highest BCUT2D eigenvalue weighted by Gasteiger charge is 2.25. The summed E-state index contributed by atoms with van der Waals surface area (Å²) in [5.41, 5.74) is 6.20. The number of nitrogens with two attached hydrogens (primary N) is 1. The lowest BCUT2D eigenvalue weighted by Crippen LogP contribution is -2.29. The Kier molecular flexibility index (Phi) is 4.44. The number of benzene rings is 2. The maximum atomic E-state index is 12.8. The standard InChI is InChI=1S/C15H15ClN2O3S/c1-10-9-11(16)7-8-14(10)22(20,21)18(2)13-6-4-3-5-12(13)15(17)19/h3-9H,1-2H3,(H2,17,19). The molecule has 0 aliphatic heterocycles. The first-order valence-corrected chi connectivity index (χ1v) is 8.21. The van der Waals surface area contributed by atoms with Crippen LogP contribution in [-0.2, 0) is 10.0 Å². The fourth-order valence-electron chi connectivity index (χ4n) is 2.14. The Morgan fingerprint density at radius 3 is 2.41 bits per heavy atom. The van der Waals surface area contributed by atoms with Crippen LogP contribution in [0.2, 0.25) is 5.02 Å². The highest BCUT2D eigenvalue weighted by Crippen LogP contribution is 2.28. The van der Waals surface area contributed by atoms with Crippen molar-refractivity contribution in [3.05, 3.63) is 58.6 Å². The Morgan fingerprint density at radius 2 is 1.82 bits per heavy atom. The first-order valence-electron chi connectivity index (χ1n) is 6.39. The van der Waals surface area contributed by atoms with Gasteiger partial charge in [-0.25, -0.2) is 8.42 Å². The van der Waals surface area contributed by atoms with Gasteiger partial charge in [-0.05, 0) is 42.8 Å². The second-order valence-corrected chi connectivity index (χ2v) is 7.14. The van der Waals surface area contributed by atoms with Gasteiger partial charge in [-0.3, -0.25) is 9.10 Å². The Bertz CT molecular complexity index is 834. The Balaban J connectivity index is 2.57. The zero-order valence-corrected chi connectivity index (χ0v) is 13.6. The van der Waals surface area contributed by atoms with Crippen molar-refractivity contribution in [1.29, 1.82) is 0 Å². The maximum absolute atomic E-state index is 12.8. The first-order chi connectivity index (χ1) is 10.2. The molecule has 1 amide bonds. The van der Waals surface area contributed by atoms with E-state index < -0.39 is 15.9 Å². The molecule has 22 heavy (non-hydrogen) atoms. The summed E-state index contributed by atoms with van der Waals surface area (Å²) in [6.45, 7) is 1.66. The second kappa shape index (κ2) is 5.98. The van der Waals surface area contributed by atoms with E-state index in [2.05, 4.69) is 0 Å². The molecule has 2 N–H and O–H groups in total. The number of rotatable bonds is 4. The highest BCUT2D eigenvalue weighted by molar-refractivity contribution is 7.92. The van der Waals surface area contributed by atoms with Gasteiger partial charge in [0.1, 0.15) is 0 Å². The van der Waals surface area contributed by atoms with E-state index in [4.69, 9.17) is 17.3 Å². The van der Waals surface area contributed by atoms with Crippen LogP contribution in [0.4, 0.5) is 5.69 Å². The predicted octanol–water partition coefficient (Wildman–Crippen LogP) is 2.57. The van der Waals surface area contributed by atoms with Gasteiger partial charge in [-0.15, -0.1) is 0 Å². The number of carbonyl (C=O) groups is 1. The minimum Gasteiger partial charge on any atom is -0.366 e. The molecule has 0 fully saturated rings. The lowest BCUT2D eigenvalue weighted by Gasteiger charge is -2.22. The largest absolute Gasteiger partial charge is 0.366 e. The zero-order chi connectivity index (χ0) is 16.5. The molecule has 0 aromatic heterocycles. The van der Waals surface area contributed by atoms with Gasteiger partial charge in [0.2, 0.25) is 0 Å². The van der Waals surface area contributed by atoms with Gasteiger partial charge in [-0.1, -0.05) is 23.7 Å². The third kappa shape index (κ3) is 2.93. The third-order valence-corrected chi connectivity index (χ3v) is 5.45. The molecule has 0 spiro atoms. The number of amides is 1. The number of carbonyl (C=O) groups excluding carboxylic acids is 1. The van der Waals surface area contributed by atoms with Crippen LogP contribution in [0.1, 0.15) is 15.9 Å². The molecule has 7 heteroatoms. The van der Waals surface area contributed by atoms with Crippen LogP contribution in [0.5, 0.6) is 0 Å². The number of hydrogen-bond donors (Lipinski definition) is 1. The normalized spacial score (nSPS) is 11.2. The van der Waals surface area contributed by atoms with E-state index >= 15 is 0 Å². The quantitative estimate of drug-likeness (QED) is 0.930. The number of halogens is 1. The average molecular weight is 339 g/mol. The summed E-state index contributed by atoms with van der Waals surface area (Å²) in [6, 6.07) is 10.8. The van der Waals surface area contributed by atoms with E-state index in [0.717, 1.165) is 4.31 Å². The lowest BCUT2D eigenvalue weighted by atomic mass is 10.2. The van der Waals surface area contributed by atoms with Crippen molar-refractivity contribution >= 4 is 33.2 Å². The summed E-state index contributed by atoms with van der Waals surface area (Å²) in [7, 11) is -2.45. The number of hydrogen-bond acceptors (Lipinski definition) is 3. The molecule has 0 heterocycles. The van der Waals surface area contributed by atoms with Gasteiger partial charge < -0.3 is 5.73 Å². The fraction of sp³-hybridized carbons (Fsp3) is 0.133. The van der Waals surface area contributed by atoms with Gasteiger partial charge in [0.05, 0.1) is 16.1 Å². The maximum Gasteiger partial charge on any atom is 0.264 e. The van der Waals surface area contributed by atoms with Crippen LogP contribution in [0, 0.1) is 6.92 Å². The van der Waals surface area contributed by atoms with Crippen molar-refractivity contribution in [2.45, 2.75) is 11.8 Å². The van der Waals surface area contributed by atoms with Crippen molar-refractivity contribution in [3.63, 3.8) is 0 Å². The van der Waals surface area contributed by atoms with Crippen LogP contribution >= 0.6 is 11.6 Å². The molecule has 2 aromatic carbocycles. The monoisotopic (exact) mass is 338 g/mol. The van der Waals surface area contributed by atoms with E-state index in [-0.39, 0.29) is 16.1 Å². The van der Waals surface area contributed by atoms with E-state index in [9.17, 15) is 13.2 Å². The molecule has 0 bridgehead atoms. The Labute approximate surface area is 134 Å². The molecule has 0 unspecified atom stereocenters. The van der Waals surface area contributed by atoms with Gasteiger partial charge >= 0.3 is 0 Å². The zero-order valence-electron chi connectivity index (χ0n) is 12.1. The van der Waals surface area contributed by atoms with Crippen molar-refractivity contribution in [1.82, 2.24) is 0 Å².